The number of aromatic nitrogens is 2. The topological polar surface area (TPSA) is 53.3 Å². The highest BCUT2D eigenvalue weighted by Gasteiger charge is 2.24. The minimum atomic E-state index is -0.0757. The van der Waals surface area contributed by atoms with Crippen LogP contribution in [0.15, 0.2) is 71.1 Å². The molecular weight excluding hydrogens is 474 g/mol. The van der Waals surface area contributed by atoms with Crippen LogP contribution in [0.2, 0.25) is 0 Å². The fraction of sp³-hybridized carbons (Fsp3) is 0.484. The van der Waals surface area contributed by atoms with Crippen LogP contribution in [0.1, 0.15) is 53.2 Å². The smallest absolute Gasteiger partial charge is 0.258 e. The average molecular weight is 518 g/mol. The summed E-state index contributed by atoms with van der Waals surface area (Å²) >= 11 is 0. The van der Waals surface area contributed by atoms with Gasteiger partial charge < -0.3 is 14.5 Å². The standard InChI is InChI=1S/C31H43N5O2/c1-8-22(3)23(4)18-35-20-27(16-26(9-2)25(35)6)29-17-31(37)36-21-28(10-11-30(36)32-29)34-13-12-33(14-15-38-7)24(5)19-34/h10-11,16-18,20-22,24H,6,8-9,12-15,19H2,1-5,7H3/b23-18-/t22?,24-/m0/s1. The summed E-state index contributed by atoms with van der Waals surface area (Å²) in [6, 6.07) is 6.10. The molecule has 1 saturated heterocycles. The molecule has 0 aliphatic carbocycles. The molecule has 204 valence electrons. The maximum atomic E-state index is 13.3. The number of pyridine rings is 1. The Kier molecular flexibility index (Phi) is 8.90. The SMILES string of the molecule is C=C1C(CC)=CC(c2cc(=O)n3cc(N4CCN(CCOC)[C@@H](C)C4)ccc3n2)=CN1/C=C(/C)C(C)CC. The third-order valence-corrected chi connectivity index (χ3v) is 8.06. The van der Waals surface area contributed by atoms with Crippen molar-refractivity contribution >= 4 is 16.9 Å². The summed E-state index contributed by atoms with van der Waals surface area (Å²) in [7, 11) is 1.75. The van der Waals surface area contributed by atoms with E-state index in [4.69, 9.17) is 9.72 Å². The average Bonchev–Trinajstić information content (AvgIpc) is 2.92. The lowest BCUT2D eigenvalue weighted by molar-refractivity contribution is 0.117. The van der Waals surface area contributed by atoms with Crippen molar-refractivity contribution < 1.29 is 4.74 Å². The summed E-state index contributed by atoms with van der Waals surface area (Å²) in [4.78, 5) is 25.1. The van der Waals surface area contributed by atoms with E-state index < -0.39 is 0 Å². The summed E-state index contributed by atoms with van der Waals surface area (Å²) in [5.74, 6) is 0.490. The second-order valence-electron chi connectivity index (χ2n) is 10.6. The van der Waals surface area contributed by atoms with Gasteiger partial charge in [-0.1, -0.05) is 32.9 Å². The molecule has 2 aromatic rings. The quantitative estimate of drug-likeness (QED) is 0.450. The van der Waals surface area contributed by atoms with E-state index in [0.717, 1.165) is 68.2 Å². The fourth-order valence-electron chi connectivity index (χ4n) is 5.13. The molecule has 0 N–H and O–H groups in total. The van der Waals surface area contributed by atoms with Gasteiger partial charge in [0, 0.05) is 75.3 Å². The second-order valence-corrected chi connectivity index (χ2v) is 10.6. The maximum Gasteiger partial charge on any atom is 0.258 e. The predicted octanol–water partition coefficient (Wildman–Crippen LogP) is 5.31. The highest BCUT2D eigenvalue weighted by atomic mass is 16.5. The van der Waals surface area contributed by atoms with E-state index in [0.29, 0.717) is 23.3 Å². The third-order valence-electron chi connectivity index (χ3n) is 8.06. The van der Waals surface area contributed by atoms with Crippen LogP contribution in [-0.4, -0.2) is 65.1 Å². The molecule has 0 spiro atoms. The van der Waals surface area contributed by atoms with E-state index >= 15 is 0 Å². The van der Waals surface area contributed by atoms with Gasteiger partial charge in [0.25, 0.3) is 5.56 Å². The molecule has 1 fully saturated rings. The van der Waals surface area contributed by atoms with Gasteiger partial charge in [-0.2, -0.15) is 0 Å². The lowest BCUT2D eigenvalue weighted by Gasteiger charge is -2.40. The lowest BCUT2D eigenvalue weighted by Crippen LogP contribution is -2.52. The number of hydrogen-bond acceptors (Lipinski definition) is 6. The van der Waals surface area contributed by atoms with E-state index in [1.54, 1.807) is 17.6 Å². The van der Waals surface area contributed by atoms with E-state index in [1.807, 2.05) is 18.5 Å². The van der Waals surface area contributed by atoms with Gasteiger partial charge in [0.2, 0.25) is 0 Å². The Hall–Kier alpha value is -3.16. The molecule has 0 radical (unpaired) electrons. The maximum absolute atomic E-state index is 13.3. The number of nitrogens with zero attached hydrogens (tertiary/aromatic N) is 5. The summed E-state index contributed by atoms with van der Waals surface area (Å²) in [5.41, 5.74) is 6.64. The monoisotopic (exact) mass is 517 g/mol. The summed E-state index contributed by atoms with van der Waals surface area (Å²) in [6.07, 6.45) is 10.2. The lowest BCUT2D eigenvalue weighted by atomic mass is 9.98. The van der Waals surface area contributed by atoms with Crippen molar-refractivity contribution in [2.75, 3.05) is 44.8 Å². The van der Waals surface area contributed by atoms with Crippen LogP contribution < -0.4 is 10.5 Å². The van der Waals surface area contributed by atoms with E-state index in [1.165, 1.54) is 5.57 Å². The van der Waals surface area contributed by atoms with Gasteiger partial charge in [-0.15, -0.1) is 0 Å². The highest BCUT2D eigenvalue weighted by Crippen LogP contribution is 2.31. The first-order valence-electron chi connectivity index (χ1n) is 13.9. The summed E-state index contributed by atoms with van der Waals surface area (Å²) < 4.78 is 6.92. The number of fused-ring (bicyclic) bond motifs is 1. The molecule has 7 heteroatoms. The van der Waals surface area contributed by atoms with Gasteiger partial charge >= 0.3 is 0 Å². The van der Waals surface area contributed by atoms with Gasteiger partial charge in [0.05, 0.1) is 18.0 Å². The van der Waals surface area contributed by atoms with Crippen molar-refractivity contribution in [1.82, 2.24) is 19.2 Å². The first-order chi connectivity index (χ1) is 18.2. The van der Waals surface area contributed by atoms with Crippen LogP contribution in [0.25, 0.3) is 11.2 Å². The third kappa shape index (κ3) is 5.94. The Morgan fingerprint density at radius 2 is 2.08 bits per heavy atom. The Balaban J connectivity index is 1.63. The van der Waals surface area contributed by atoms with Crippen LogP contribution in [0, 0.1) is 5.92 Å². The van der Waals surface area contributed by atoms with Crippen LogP contribution in [0.5, 0.6) is 0 Å². The molecule has 38 heavy (non-hydrogen) atoms. The van der Waals surface area contributed by atoms with E-state index in [9.17, 15) is 4.79 Å². The second kappa shape index (κ2) is 12.1. The number of methoxy groups -OCH3 is 1. The summed E-state index contributed by atoms with van der Waals surface area (Å²) in [5, 5.41) is 0. The first kappa shape index (κ1) is 27.9. The Morgan fingerprint density at radius 1 is 1.29 bits per heavy atom. The molecular formula is C31H43N5O2. The number of hydrogen-bond donors (Lipinski definition) is 0. The van der Waals surface area contributed by atoms with Gasteiger partial charge in [-0.3, -0.25) is 14.1 Å². The highest BCUT2D eigenvalue weighted by molar-refractivity contribution is 5.76. The van der Waals surface area contributed by atoms with Gasteiger partial charge in [-0.05, 0) is 56.4 Å². The van der Waals surface area contributed by atoms with E-state index in [-0.39, 0.29) is 5.56 Å². The Bertz CT molecular complexity index is 1320. The van der Waals surface area contributed by atoms with Crippen molar-refractivity contribution in [3.63, 3.8) is 0 Å². The number of piperazine rings is 1. The molecule has 0 amide bonds. The minimum absolute atomic E-state index is 0.0757. The van der Waals surface area contributed by atoms with Crippen LogP contribution >= 0.6 is 0 Å². The molecule has 2 aliphatic rings. The summed E-state index contributed by atoms with van der Waals surface area (Å²) in [6.45, 7) is 19.8. The molecule has 4 heterocycles. The minimum Gasteiger partial charge on any atom is -0.383 e. The van der Waals surface area contributed by atoms with Crippen molar-refractivity contribution in [1.29, 1.82) is 0 Å². The number of ether oxygens (including phenoxy) is 1. The van der Waals surface area contributed by atoms with Gasteiger partial charge in [0.1, 0.15) is 5.65 Å². The number of allylic oxidation sites excluding steroid dienone is 4. The molecule has 0 bridgehead atoms. The Labute approximate surface area is 227 Å². The largest absolute Gasteiger partial charge is 0.383 e. The Morgan fingerprint density at radius 3 is 2.76 bits per heavy atom. The molecule has 2 aliphatic heterocycles. The van der Waals surface area contributed by atoms with Gasteiger partial charge in [0.15, 0.2) is 0 Å². The zero-order valence-electron chi connectivity index (χ0n) is 23.9. The zero-order chi connectivity index (χ0) is 27.4. The molecule has 0 aromatic carbocycles. The van der Waals surface area contributed by atoms with E-state index in [2.05, 4.69) is 74.2 Å². The molecule has 2 atom stereocenters. The van der Waals surface area contributed by atoms with Crippen molar-refractivity contribution in [3.8, 4) is 0 Å². The number of rotatable bonds is 9. The van der Waals surface area contributed by atoms with Gasteiger partial charge in [-0.25, -0.2) is 4.98 Å². The molecule has 2 aromatic heterocycles. The van der Waals surface area contributed by atoms with Crippen molar-refractivity contribution in [3.05, 3.63) is 82.3 Å². The van der Waals surface area contributed by atoms with Crippen LogP contribution in [0.3, 0.4) is 0 Å². The van der Waals surface area contributed by atoms with Crippen molar-refractivity contribution in [2.45, 2.75) is 53.5 Å². The molecule has 0 saturated carbocycles. The molecule has 4 rings (SSSR count). The van der Waals surface area contributed by atoms with Crippen molar-refractivity contribution in [2.24, 2.45) is 5.92 Å². The first-order valence-corrected chi connectivity index (χ1v) is 13.9. The van der Waals surface area contributed by atoms with Crippen LogP contribution in [-0.2, 0) is 4.74 Å². The fourth-order valence-corrected chi connectivity index (χ4v) is 5.13. The predicted molar refractivity (Wildman–Crippen MR) is 157 cm³/mol. The normalized spacial score (nSPS) is 20.1. The molecule has 7 nitrogen and oxygen atoms in total. The van der Waals surface area contributed by atoms with Crippen LogP contribution in [0.4, 0.5) is 5.69 Å². The number of anilines is 1. The zero-order valence-corrected chi connectivity index (χ0v) is 23.9. The molecule has 1 unspecified atom stereocenters.